The van der Waals surface area contributed by atoms with Crippen molar-refractivity contribution in [2.24, 2.45) is 0 Å². The van der Waals surface area contributed by atoms with E-state index in [0.717, 1.165) is 28.6 Å². The first-order chi connectivity index (χ1) is 12.2. The average molecular weight is 337 g/mol. The molecule has 0 fully saturated rings. The number of methoxy groups -OCH3 is 3. The molecule has 0 radical (unpaired) electrons. The molecule has 5 heteroatoms. The minimum Gasteiger partial charge on any atom is -0.497 e. The van der Waals surface area contributed by atoms with E-state index in [1.54, 1.807) is 27.4 Å². The van der Waals surface area contributed by atoms with Crippen LogP contribution in [0, 0.1) is 0 Å². The Morgan fingerprint density at radius 2 is 1.68 bits per heavy atom. The predicted octanol–water partition coefficient (Wildman–Crippen LogP) is 3.25. The van der Waals surface area contributed by atoms with Crippen molar-refractivity contribution in [1.29, 1.82) is 0 Å². The van der Waals surface area contributed by atoms with Gasteiger partial charge >= 0.3 is 0 Å². The van der Waals surface area contributed by atoms with E-state index in [4.69, 9.17) is 14.2 Å². The number of pyridine rings is 1. The Bertz CT molecular complexity index is 1040. The van der Waals surface area contributed by atoms with Crippen LogP contribution in [0.25, 0.3) is 22.0 Å². The molecule has 5 nitrogen and oxygen atoms in total. The summed E-state index contributed by atoms with van der Waals surface area (Å²) in [6, 6.07) is 11.6. The van der Waals surface area contributed by atoms with Crippen LogP contribution in [0.15, 0.2) is 41.2 Å². The fraction of sp³-hybridized carbons (Fsp3) is 0.250. The second-order valence-electron chi connectivity index (χ2n) is 6.05. The van der Waals surface area contributed by atoms with Crippen molar-refractivity contribution in [1.82, 2.24) is 4.57 Å². The van der Waals surface area contributed by atoms with Crippen molar-refractivity contribution in [3.63, 3.8) is 0 Å². The second kappa shape index (κ2) is 5.84. The van der Waals surface area contributed by atoms with Crippen LogP contribution in [0.3, 0.4) is 0 Å². The summed E-state index contributed by atoms with van der Waals surface area (Å²) in [5.74, 6) is 2.06. The minimum absolute atomic E-state index is 0.00633. The third-order valence-electron chi connectivity index (χ3n) is 4.81. The normalized spacial score (nSPS) is 12.4. The molecular formula is C20H19NO4. The fourth-order valence-corrected chi connectivity index (χ4v) is 3.50. The zero-order valence-electron chi connectivity index (χ0n) is 14.5. The summed E-state index contributed by atoms with van der Waals surface area (Å²) >= 11 is 0. The molecular weight excluding hydrogens is 318 g/mol. The SMILES string of the molecule is COc1ccc2cc3n(c(=O)c2c1)CCc1cc(OC)c(OC)cc1-3. The molecule has 0 amide bonds. The van der Waals surface area contributed by atoms with E-state index in [0.29, 0.717) is 29.2 Å². The number of hydrogen-bond donors (Lipinski definition) is 0. The molecule has 1 aromatic heterocycles. The lowest BCUT2D eigenvalue weighted by Crippen LogP contribution is -2.26. The van der Waals surface area contributed by atoms with Crippen molar-refractivity contribution >= 4 is 10.8 Å². The number of aromatic nitrogens is 1. The number of fused-ring (bicyclic) bond motifs is 4. The molecule has 0 spiro atoms. The van der Waals surface area contributed by atoms with Gasteiger partial charge in [0.15, 0.2) is 11.5 Å². The van der Waals surface area contributed by atoms with Crippen LogP contribution in [0.2, 0.25) is 0 Å². The first-order valence-corrected chi connectivity index (χ1v) is 8.13. The van der Waals surface area contributed by atoms with Gasteiger partial charge in [-0.15, -0.1) is 0 Å². The summed E-state index contributed by atoms with van der Waals surface area (Å²) in [5.41, 5.74) is 3.08. The van der Waals surface area contributed by atoms with E-state index < -0.39 is 0 Å². The lowest BCUT2D eigenvalue weighted by atomic mass is 9.95. The van der Waals surface area contributed by atoms with Crippen LogP contribution in [-0.2, 0) is 13.0 Å². The molecule has 128 valence electrons. The van der Waals surface area contributed by atoms with Crippen LogP contribution >= 0.6 is 0 Å². The Hall–Kier alpha value is -2.95. The van der Waals surface area contributed by atoms with Crippen molar-refractivity contribution in [3.05, 3.63) is 52.3 Å². The van der Waals surface area contributed by atoms with Gasteiger partial charge in [-0.2, -0.15) is 0 Å². The molecule has 0 saturated heterocycles. The molecule has 1 aliphatic rings. The van der Waals surface area contributed by atoms with Crippen molar-refractivity contribution < 1.29 is 14.2 Å². The van der Waals surface area contributed by atoms with E-state index in [-0.39, 0.29) is 5.56 Å². The smallest absolute Gasteiger partial charge is 0.259 e. The van der Waals surface area contributed by atoms with Crippen molar-refractivity contribution in [2.75, 3.05) is 21.3 Å². The molecule has 0 N–H and O–H groups in total. The zero-order valence-corrected chi connectivity index (χ0v) is 14.5. The van der Waals surface area contributed by atoms with E-state index in [2.05, 4.69) is 6.07 Å². The van der Waals surface area contributed by atoms with E-state index in [1.165, 1.54) is 0 Å². The summed E-state index contributed by atoms with van der Waals surface area (Å²) in [7, 11) is 4.85. The summed E-state index contributed by atoms with van der Waals surface area (Å²) < 4.78 is 17.9. The number of benzene rings is 2. The van der Waals surface area contributed by atoms with Crippen LogP contribution in [0.1, 0.15) is 5.56 Å². The van der Waals surface area contributed by atoms with Crippen LogP contribution < -0.4 is 19.8 Å². The Morgan fingerprint density at radius 3 is 2.40 bits per heavy atom. The summed E-state index contributed by atoms with van der Waals surface area (Å²) in [6.45, 7) is 0.643. The first kappa shape index (κ1) is 15.6. The van der Waals surface area contributed by atoms with Crippen LogP contribution in [-0.4, -0.2) is 25.9 Å². The van der Waals surface area contributed by atoms with Crippen molar-refractivity contribution in [2.45, 2.75) is 13.0 Å². The fourth-order valence-electron chi connectivity index (χ4n) is 3.50. The third kappa shape index (κ3) is 2.35. The second-order valence-corrected chi connectivity index (χ2v) is 6.05. The zero-order chi connectivity index (χ0) is 17.6. The van der Waals surface area contributed by atoms with Crippen molar-refractivity contribution in [3.8, 4) is 28.5 Å². The molecule has 0 aliphatic carbocycles. The Kier molecular flexibility index (Phi) is 3.64. The van der Waals surface area contributed by atoms with Gasteiger partial charge in [0.2, 0.25) is 0 Å². The average Bonchev–Trinajstić information content (AvgIpc) is 2.66. The van der Waals surface area contributed by atoms with Crippen LogP contribution in [0.5, 0.6) is 17.2 Å². The van der Waals surface area contributed by atoms with E-state index in [9.17, 15) is 4.79 Å². The van der Waals surface area contributed by atoms with Gasteiger partial charge < -0.3 is 18.8 Å². The highest BCUT2D eigenvalue weighted by Gasteiger charge is 2.21. The highest BCUT2D eigenvalue weighted by Crippen LogP contribution is 2.38. The number of rotatable bonds is 3. The van der Waals surface area contributed by atoms with E-state index >= 15 is 0 Å². The molecule has 0 bridgehead atoms. The highest BCUT2D eigenvalue weighted by atomic mass is 16.5. The molecule has 0 saturated carbocycles. The largest absolute Gasteiger partial charge is 0.497 e. The molecule has 0 atom stereocenters. The third-order valence-corrected chi connectivity index (χ3v) is 4.81. The number of hydrogen-bond acceptors (Lipinski definition) is 4. The monoisotopic (exact) mass is 337 g/mol. The van der Waals surface area contributed by atoms with Gasteiger partial charge in [-0.05, 0) is 47.7 Å². The standard InChI is InChI=1S/C20H19NO4/c1-23-14-5-4-12-8-17-15-11-19(25-3)18(24-2)9-13(15)6-7-21(17)20(22)16(12)10-14/h4-5,8-11H,6-7H2,1-3H3. The molecule has 2 heterocycles. The Balaban J connectivity index is 2.00. The summed E-state index contributed by atoms with van der Waals surface area (Å²) in [4.78, 5) is 13.0. The minimum atomic E-state index is 0.00633. The van der Waals surface area contributed by atoms with Gasteiger partial charge in [-0.25, -0.2) is 0 Å². The Morgan fingerprint density at radius 1 is 0.920 bits per heavy atom. The van der Waals surface area contributed by atoms with E-state index in [1.807, 2.05) is 28.8 Å². The van der Waals surface area contributed by atoms with Gasteiger partial charge in [0.05, 0.1) is 32.4 Å². The lowest BCUT2D eigenvalue weighted by molar-refractivity contribution is 0.354. The predicted molar refractivity (Wildman–Crippen MR) is 97.0 cm³/mol. The molecule has 2 aromatic carbocycles. The molecule has 25 heavy (non-hydrogen) atoms. The number of ether oxygens (including phenoxy) is 3. The maximum absolute atomic E-state index is 13.0. The highest BCUT2D eigenvalue weighted by molar-refractivity contribution is 5.87. The quantitative estimate of drug-likeness (QED) is 0.736. The molecule has 3 aromatic rings. The first-order valence-electron chi connectivity index (χ1n) is 8.13. The lowest BCUT2D eigenvalue weighted by Gasteiger charge is -2.24. The number of nitrogens with zero attached hydrogens (tertiary/aromatic N) is 1. The van der Waals surface area contributed by atoms with Crippen LogP contribution in [0.4, 0.5) is 0 Å². The summed E-state index contributed by atoms with van der Waals surface area (Å²) in [5, 5.41) is 1.58. The molecule has 1 aliphatic heterocycles. The molecule has 0 unspecified atom stereocenters. The van der Waals surface area contributed by atoms with Gasteiger partial charge in [-0.1, -0.05) is 6.07 Å². The number of aryl methyl sites for hydroxylation is 1. The topological polar surface area (TPSA) is 49.7 Å². The summed E-state index contributed by atoms with van der Waals surface area (Å²) in [6.07, 6.45) is 0.776. The maximum atomic E-state index is 13.0. The van der Waals surface area contributed by atoms with Gasteiger partial charge in [-0.3, -0.25) is 4.79 Å². The molecule has 4 rings (SSSR count). The maximum Gasteiger partial charge on any atom is 0.259 e. The van der Waals surface area contributed by atoms with Gasteiger partial charge in [0.25, 0.3) is 5.56 Å². The van der Waals surface area contributed by atoms with Gasteiger partial charge in [0, 0.05) is 12.1 Å². The Labute approximate surface area is 145 Å². The van der Waals surface area contributed by atoms with Gasteiger partial charge in [0.1, 0.15) is 5.75 Å².